The summed E-state index contributed by atoms with van der Waals surface area (Å²) in [4.78, 5) is 4.97. The van der Waals surface area contributed by atoms with Gasteiger partial charge in [0.25, 0.3) is 0 Å². The van der Waals surface area contributed by atoms with Crippen LogP contribution in [0, 0.1) is 0 Å². The van der Waals surface area contributed by atoms with Gasteiger partial charge in [-0.05, 0) is 80.9 Å². The summed E-state index contributed by atoms with van der Waals surface area (Å²) < 4.78 is 0. The van der Waals surface area contributed by atoms with Crippen molar-refractivity contribution in [1.82, 2.24) is 0 Å². The lowest BCUT2D eigenvalue weighted by molar-refractivity contribution is 0.725. The van der Waals surface area contributed by atoms with Gasteiger partial charge in [-0.15, -0.1) is 0 Å². The lowest BCUT2D eigenvalue weighted by Gasteiger charge is -2.53. The van der Waals surface area contributed by atoms with E-state index in [2.05, 4.69) is 254 Å². The molecule has 4 heterocycles. The van der Waals surface area contributed by atoms with Gasteiger partial charge in [0, 0.05) is 15.5 Å². The van der Waals surface area contributed by atoms with Gasteiger partial charge in [0.2, 0.25) is 13.4 Å². The fourth-order valence-electron chi connectivity index (χ4n) is 12.9. The summed E-state index contributed by atoms with van der Waals surface area (Å²) in [6.07, 6.45) is 0. The van der Waals surface area contributed by atoms with Crippen LogP contribution >= 0.6 is 11.8 Å². The van der Waals surface area contributed by atoms with E-state index in [-0.39, 0.29) is 13.4 Å². The minimum atomic E-state index is -0.577. The van der Waals surface area contributed by atoms with Crippen LogP contribution in [0.25, 0.3) is 0 Å². The smallest absolute Gasteiger partial charge is 0.242 e. The van der Waals surface area contributed by atoms with Crippen LogP contribution in [0.3, 0.4) is 0 Å². The number of benzene rings is 10. The lowest BCUT2D eigenvalue weighted by Crippen LogP contribution is -2.71. The van der Waals surface area contributed by atoms with E-state index in [0.717, 1.165) is 5.69 Å². The first-order valence-electron chi connectivity index (χ1n) is 23.2. The van der Waals surface area contributed by atoms with Gasteiger partial charge in [-0.3, -0.25) is 0 Å². The average Bonchev–Trinajstić information content (AvgIpc) is 3.39. The third-order valence-corrected chi connectivity index (χ3v) is 16.4. The molecule has 0 bridgehead atoms. The van der Waals surface area contributed by atoms with Crippen LogP contribution in [0.15, 0.2) is 259 Å². The van der Waals surface area contributed by atoms with E-state index in [0.29, 0.717) is 0 Å². The summed E-state index contributed by atoms with van der Waals surface area (Å²) in [6, 6.07) is 94.3. The number of anilines is 3. The van der Waals surface area contributed by atoms with E-state index in [4.69, 9.17) is 0 Å². The van der Waals surface area contributed by atoms with E-state index >= 15 is 0 Å². The largest absolute Gasteiger partial charge is 0.308 e. The van der Waals surface area contributed by atoms with Crippen molar-refractivity contribution >= 4 is 75.0 Å². The van der Waals surface area contributed by atoms with Crippen LogP contribution in [0.4, 0.5) is 17.1 Å². The highest BCUT2D eigenvalue weighted by atomic mass is 32.2. The normalized spacial score (nSPS) is 15.1. The summed E-state index contributed by atoms with van der Waals surface area (Å²) in [5.41, 5.74) is 21.4. The Morgan fingerprint density at radius 2 is 0.682 bits per heavy atom. The summed E-state index contributed by atoms with van der Waals surface area (Å²) in [7, 11) is 0. The van der Waals surface area contributed by atoms with Crippen LogP contribution in [-0.2, 0) is 10.8 Å². The van der Waals surface area contributed by atoms with E-state index < -0.39 is 10.8 Å². The maximum absolute atomic E-state index is 2.48. The quantitative estimate of drug-likeness (QED) is 0.162. The second-order valence-corrected chi connectivity index (χ2v) is 19.3. The molecule has 0 fully saturated rings. The third kappa shape index (κ3) is 5.00. The maximum atomic E-state index is 2.48. The molecule has 0 aromatic heterocycles. The molecule has 4 aliphatic rings. The molecule has 0 N–H and O–H groups in total. The minimum absolute atomic E-state index is 0.0337. The van der Waals surface area contributed by atoms with Gasteiger partial charge < -0.3 is 4.90 Å². The van der Waals surface area contributed by atoms with Gasteiger partial charge in [-0.1, -0.05) is 257 Å². The standard InChI is InChI=1S/C62H41B2NS/c1-3-20-42(21-4-1)61(43-22-5-2-6-23-43)46-24-7-13-32-54(46)64-55-33-14-10-27-49(55)62(51-29-19-28-50(61)60(51)64)47-25-8-11-30-52(47)63(53-31-12-9-26-48(53)62)44-38-40-45(41-39-44)65-56-34-15-17-36-58(56)66-59-37-18-16-35-57(59)65/h1-41H. The Kier molecular flexibility index (Phi) is 8.30. The molecule has 10 aromatic carbocycles. The van der Waals surface area contributed by atoms with Gasteiger partial charge in [-0.25, -0.2) is 0 Å². The molecule has 4 heteroatoms. The number of para-hydroxylation sites is 2. The van der Waals surface area contributed by atoms with Crippen molar-refractivity contribution in [3.05, 3.63) is 293 Å². The van der Waals surface area contributed by atoms with Gasteiger partial charge in [0.05, 0.1) is 22.2 Å². The zero-order valence-corrected chi connectivity index (χ0v) is 37.0. The lowest BCUT2D eigenvalue weighted by atomic mass is 9.24. The number of nitrogens with zero attached hydrogens (tertiary/aromatic N) is 1. The first-order chi connectivity index (χ1) is 32.8. The third-order valence-electron chi connectivity index (χ3n) is 15.2. The minimum Gasteiger partial charge on any atom is -0.308 e. The van der Waals surface area contributed by atoms with E-state index in [1.165, 1.54) is 98.5 Å². The second kappa shape index (κ2) is 14.5. The van der Waals surface area contributed by atoms with Crippen molar-refractivity contribution in [3.63, 3.8) is 0 Å². The molecule has 14 rings (SSSR count). The zero-order valence-electron chi connectivity index (χ0n) is 36.2. The van der Waals surface area contributed by atoms with Crippen molar-refractivity contribution in [1.29, 1.82) is 0 Å². The van der Waals surface area contributed by atoms with Gasteiger partial charge in [0.1, 0.15) is 0 Å². The van der Waals surface area contributed by atoms with Gasteiger partial charge in [0.15, 0.2) is 0 Å². The Labute approximate surface area is 391 Å². The molecule has 10 aromatic rings. The van der Waals surface area contributed by atoms with Crippen molar-refractivity contribution in [2.24, 2.45) is 0 Å². The molecule has 1 spiro atoms. The van der Waals surface area contributed by atoms with Crippen molar-refractivity contribution < 1.29 is 0 Å². The summed E-state index contributed by atoms with van der Waals surface area (Å²) in [5, 5.41) is 0. The second-order valence-electron chi connectivity index (χ2n) is 18.2. The highest BCUT2D eigenvalue weighted by Crippen LogP contribution is 2.53. The Balaban J connectivity index is 1.02. The SMILES string of the molecule is c1ccc(C2(c3ccccc3)c3ccccc3B3c4ccccc4C4(c5ccccc5B(c5ccc(N6c7ccccc7Sc7ccccc76)cc5)c5ccccc54)c4cccc2c43)cc1. The number of hydrogen-bond donors (Lipinski definition) is 0. The molecule has 0 radical (unpaired) electrons. The molecule has 0 aliphatic carbocycles. The molecule has 4 aliphatic heterocycles. The van der Waals surface area contributed by atoms with E-state index in [1.807, 2.05) is 11.8 Å². The Morgan fingerprint density at radius 1 is 0.303 bits per heavy atom. The van der Waals surface area contributed by atoms with Crippen LogP contribution < -0.4 is 37.7 Å². The molecular formula is C62H41B2NS. The molecule has 0 unspecified atom stereocenters. The monoisotopic (exact) mass is 853 g/mol. The van der Waals surface area contributed by atoms with Crippen molar-refractivity contribution in [2.75, 3.05) is 4.90 Å². The first-order valence-corrected chi connectivity index (χ1v) is 24.0. The predicted octanol–water partition coefficient (Wildman–Crippen LogP) is 10.4. The molecule has 1 nitrogen and oxygen atoms in total. The molecule has 0 saturated carbocycles. The molecule has 66 heavy (non-hydrogen) atoms. The van der Waals surface area contributed by atoms with Gasteiger partial charge in [-0.2, -0.15) is 0 Å². The van der Waals surface area contributed by atoms with E-state index in [9.17, 15) is 0 Å². The topological polar surface area (TPSA) is 3.24 Å². The highest BCUT2D eigenvalue weighted by Gasteiger charge is 2.57. The number of fused-ring (bicyclic) bond motifs is 12. The summed E-state index contributed by atoms with van der Waals surface area (Å²) >= 11 is 1.85. The summed E-state index contributed by atoms with van der Waals surface area (Å²) in [6.45, 7) is 0.0919. The molecule has 306 valence electrons. The fourth-order valence-corrected chi connectivity index (χ4v) is 13.9. The average molecular weight is 854 g/mol. The van der Waals surface area contributed by atoms with Crippen LogP contribution in [0.5, 0.6) is 0 Å². The van der Waals surface area contributed by atoms with Crippen LogP contribution in [0.1, 0.15) is 44.5 Å². The number of rotatable bonds is 4. The summed E-state index contributed by atoms with van der Waals surface area (Å²) in [5.74, 6) is 0. The zero-order chi connectivity index (χ0) is 43.4. The van der Waals surface area contributed by atoms with Gasteiger partial charge >= 0.3 is 0 Å². The van der Waals surface area contributed by atoms with Crippen molar-refractivity contribution in [2.45, 2.75) is 20.6 Å². The fraction of sp³-hybridized carbons (Fsp3) is 0.0323. The predicted molar refractivity (Wildman–Crippen MR) is 278 cm³/mol. The number of hydrogen-bond acceptors (Lipinski definition) is 2. The highest BCUT2D eigenvalue weighted by molar-refractivity contribution is 7.99. The molecule has 0 atom stereocenters. The Morgan fingerprint density at radius 3 is 1.18 bits per heavy atom. The molecule has 0 saturated heterocycles. The Hall–Kier alpha value is -7.52. The van der Waals surface area contributed by atoms with E-state index in [1.54, 1.807) is 0 Å². The van der Waals surface area contributed by atoms with Crippen LogP contribution in [-0.4, -0.2) is 13.4 Å². The molecular weight excluding hydrogens is 812 g/mol. The first kappa shape index (κ1) is 37.8. The van der Waals surface area contributed by atoms with Crippen molar-refractivity contribution in [3.8, 4) is 0 Å². The maximum Gasteiger partial charge on any atom is 0.242 e. The van der Waals surface area contributed by atoms with Crippen LogP contribution in [0.2, 0.25) is 0 Å². The Bertz CT molecular complexity index is 3420. The molecule has 0 amide bonds.